The normalized spacial score (nSPS) is 13.2. The molecule has 1 aromatic rings. The minimum atomic E-state index is -0.516. The highest BCUT2D eigenvalue weighted by Crippen LogP contribution is 2.12. The molecule has 0 spiro atoms. The fourth-order valence-corrected chi connectivity index (χ4v) is 1.23. The minimum Gasteiger partial charge on any atom is -0.467 e. The third-order valence-electron chi connectivity index (χ3n) is 1.86. The molecule has 16 heavy (non-hydrogen) atoms. The van der Waals surface area contributed by atoms with Crippen LogP contribution in [0, 0.1) is 0 Å². The van der Waals surface area contributed by atoms with E-state index in [2.05, 4.69) is 10.6 Å². The van der Waals surface area contributed by atoms with Crippen LogP contribution in [0.5, 0.6) is 0 Å². The summed E-state index contributed by atoms with van der Waals surface area (Å²) in [4.78, 5) is 11.5. The summed E-state index contributed by atoms with van der Waals surface area (Å²) in [5, 5.41) is 14.5. The molecule has 0 aromatic carbocycles. The van der Waals surface area contributed by atoms with Crippen molar-refractivity contribution < 1.29 is 14.3 Å². The Morgan fingerprint density at radius 2 is 2.25 bits per heavy atom. The van der Waals surface area contributed by atoms with Crippen LogP contribution in [0.25, 0.3) is 0 Å². The van der Waals surface area contributed by atoms with Crippen molar-refractivity contribution in [1.29, 1.82) is 0 Å². The van der Waals surface area contributed by atoms with Gasteiger partial charge in [0, 0.05) is 5.54 Å². The lowest BCUT2D eigenvalue weighted by Gasteiger charge is -2.22. The van der Waals surface area contributed by atoms with Gasteiger partial charge in [0.05, 0.1) is 12.9 Å². The van der Waals surface area contributed by atoms with Gasteiger partial charge in [-0.3, -0.25) is 0 Å². The molecule has 0 bridgehead atoms. The van der Waals surface area contributed by atoms with E-state index < -0.39 is 6.04 Å². The Morgan fingerprint density at radius 1 is 1.56 bits per heavy atom. The molecule has 0 fully saturated rings. The predicted octanol–water partition coefficient (Wildman–Crippen LogP) is 1.41. The first kappa shape index (κ1) is 12.6. The molecule has 1 unspecified atom stereocenters. The summed E-state index contributed by atoms with van der Waals surface area (Å²) in [6.45, 7) is 5.44. The van der Waals surface area contributed by atoms with Gasteiger partial charge in [-0.2, -0.15) is 0 Å². The highest BCUT2D eigenvalue weighted by molar-refractivity contribution is 5.75. The van der Waals surface area contributed by atoms with E-state index in [1.54, 1.807) is 12.1 Å². The first-order valence-electron chi connectivity index (χ1n) is 5.15. The number of rotatable bonds is 3. The van der Waals surface area contributed by atoms with Crippen molar-refractivity contribution in [2.24, 2.45) is 0 Å². The van der Waals surface area contributed by atoms with Gasteiger partial charge in [-0.15, -0.1) is 0 Å². The number of nitrogens with one attached hydrogen (secondary N) is 2. The number of aliphatic hydroxyl groups is 1. The summed E-state index contributed by atoms with van der Waals surface area (Å²) in [6.07, 6.45) is 1.50. The standard InChI is InChI=1S/C11H18N2O3/c1-11(2,3)13-10(15)12-8(7-14)9-5-4-6-16-9/h4-6,8,14H,7H2,1-3H3,(H2,12,13,15). The molecule has 90 valence electrons. The molecule has 2 amide bonds. The summed E-state index contributed by atoms with van der Waals surface area (Å²) in [7, 11) is 0. The van der Waals surface area contributed by atoms with E-state index in [0.717, 1.165) is 0 Å². The maximum absolute atomic E-state index is 11.5. The van der Waals surface area contributed by atoms with Gasteiger partial charge in [-0.05, 0) is 32.9 Å². The van der Waals surface area contributed by atoms with Gasteiger partial charge in [-0.25, -0.2) is 4.79 Å². The molecule has 0 aliphatic carbocycles. The van der Waals surface area contributed by atoms with Crippen molar-refractivity contribution in [3.63, 3.8) is 0 Å². The van der Waals surface area contributed by atoms with E-state index in [9.17, 15) is 4.79 Å². The summed E-state index contributed by atoms with van der Waals surface area (Å²) in [5.41, 5.74) is -0.312. The number of furan rings is 1. The van der Waals surface area contributed by atoms with Gasteiger partial charge in [0.25, 0.3) is 0 Å². The van der Waals surface area contributed by atoms with Crippen LogP contribution < -0.4 is 10.6 Å². The Morgan fingerprint density at radius 3 is 2.69 bits per heavy atom. The number of amides is 2. The van der Waals surface area contributed by atoms with Gasteiger partial charge in [0.15, 0.2) is 0 Å². The predicted molar refractivity (Wildman–Crippen MR) is 60.0 cm³/mol. The second-order valence-electron chi connectivity index (χ2n) is 4.60. The number of carbonyl (C=O) groups is 1. The molecule has 1 rings (SSSR count). The van der Waals surface area contributed by atoms with Crippen molar-refractivity contribution in [2.75, 3.05) is 6.61 Å². The van der Waals surface area contributed by atoms with E-state index in [0.29, 0.717) is 5.76 Å². The fourth-order valence-electron chi connectivity index (χ4n) is 1.23. The number of hydrogen-bond acceptors (Lipinski definition) is 3. The van der Waals surface area contributed by atoms with E-state index >= 15 is 0 Å². The van der Waals surface area contributed by atoms with Gasteiger partial charge in [-0.1, -0.05) is 0 Å². The second kappa shape index (κ2) is 5.03. The highest BCUT2D eigenvalue weighted by Gasteiger charge is 2.19. The van der Waals surface area contributed by atoms with Crippen LogP contribution in [0.2, 0.25) is 0 Å². The largest absolute Gasteiger partial charge is 0.467 e. The van der Waals surface area contributed by atoms with Gasteiger partial charge >= 0.3 is 6.03 Å². The SMILES string of the molecule is CC(C)(C)NC(=O)NC(CO)c1ccco1. The number of urea groups is 1. The maximum Gasteiger partial charge on any atom is 0.315 e. The van der Waals surface area contributed by atoms with Crippen LogP contribution in [-0.4, -0.2) is 23.3 Å². The Bertz CT molecular complexity index is 327. The monoisotopic (exact) mass is 226 g/mol. The van der Waals surface area contributed by atoms with Crippen LogP contribution in [0.15, 0.2) is 22.8 Å². The summed E-state index contributed by atoms with van der Waals surface area (Å²) < 4.78 is 5.12. The van der Waals surface area contributed by atoms with Crippen molar-refractivity contribution in [3.05, 3.63) is 24.2 Å². The molecule has 3 N–H and O–H groups in total. The summed E-state index contributed by atoms with van der Waals surface area (Å²) in [5.74, 6) is 0.534. The highest BCUT2D eigenvalue weighted by atomic mass is 16.3. The average molecular weight is 226 g/mol. The van der Waals surface area contributed by atoms with Crippen LogP contribution in [0.4, 0.5) is 4.79 Å². The van der Waals surface area contributed by atoms with E-state index in [-0.39, 0.29) is 18.2 Å². The van der Waals surface area contributed by atoms with Gasteiger partial charge in [0.2, 0.25) is 0 Å². The quantitative estimate of drug-likeness (QED) is 0.729. The number of aliphatic hydroxyl groups excluding tert-OH is 1. The molecule has 1 heterocycles. The van der Waals surface area contributed by atoms with E-state index in [1.165, 1.54) is 6.26 Å². The third-order valence-corrected chi connectivity index (χ3v) is 1.86. The Hall–Kier alpha value is -1.49. The zero-order chi connectivity index (χ0) is 12.2. The van der Waals surface area contributed by atoms with Crippen molar-refractivity contribution in [3.8, 4) is 0 Å². The molecule has 0 radical (unpaired) electrons. The van der Waals surface area contributed by atoms with Crippen LogP contribution in [-0.2, 0) is 0 Å². The molecular formula is C11H18N2O3. The van der Waals surface area contributed by atoms with Crippen LogP contribution >= 0.6 is 0 Å². The maximum atomic E-state index is 11.5. The van der Waals surface area contributed by atoms with E-state index in [1.807, 2.05) is 20.8 Å². The fraction of sp³-hybridized carbons (Fsp3) is 0.545. The third kappa shape index (κ3) is 3.94. The Labute approximate surface area is 94.8 Å². The number of hydrogen-bond donors (Lipinski definition) is 3. The molecule has 1 aromatic heterocycles. The molecule has 0 saturated heterocycles. The average Bonchev–Trinajstić information content (AvgIpc) is 2.63. The van der Waals surface area contributed by atoms with Gasteiger partial charge < -0.3 is 20.2 Å². The smallest absolute Gasteiger partial charge is 0.315 e. The molecule has 5 heteroatoms. The Balaban J connectivity index is 2.55. The lowest BCUT2D eigenvalue weighted by molar-refractivity contribution is 0.202. The molecule has 0 aliphatic heterocycles. The summed E-state index contributed by atoms with van der Waals surface area (Å²) >= 11 is 0. The summed E-state index contributed by atoms with van der Waals surface area (Å²) in [6, 6.07) is 2.57. The van der Waals surface area contributed by atoms with Crippen LogP contribution in [0.3, 0.4) is 0 Å². The minimum absolute atomic E-state index is 0.203. The zero-order valence-corrected chi connectivity index (χ0v) is 9.78. The first-order chi connectivity index (χ1) is 7.42. The Kier molecular flexibility index (Phi) is 3.95. The lowest BCUT2D eigenvalue weighted by Crippen LogP contribution is -2.47. The molecule has 0 saturated carbocycles. The first-order valence-corrected chi connectivity index (χ1v) is 5.15. The molecule has 5 nitrogen and oxygen atoms in total. The van der Waals surface area contributed by atoms with Crippen molar-refractivity contribution in [1.82, 2.24) is 10.6 Å². The number of carbonyl (C=O) groups excluding carboxylic acids is 1. The lowest BCUT2D eigenvalue weighted by atomic mass is 10.1. The molecular weight excluding hydrogens is 208 g/mol. The topological polar surface area (TPSA) is 74.5 Å². The molecule has 1 atom stereocenters. The van der Waals surface area contributed by atoms with E-state index in [4.69, 9.17) is 9.52 Å². The second-order valence-corrected chi connectivity index (χ2v) is 4.60. The van der Waals surface area contributed by atoms with Crippen LogP contribution in [0.1, 0.15) is 32.6 Å². The van der Waals surface area contributed by atoms with Crippen molar-refractivity contribution >= 4 is 6.03 Å². The zero-order valence-electron chi connectivity index (χ0n) is 9.78. The van der Waals surface area contributed by atoms with Crippen molar-refractivity contribution in [2.45, 2.75) is 32.4 Å². The van der Waals surface area contributed by atoms with Gasteiger partial charge in [0.1, 0.15) is 11.8 Å². The molecule has 0 aliphatic rings.